The van der Waals surface area contributed by atoms with Crippen LogP contribution in [0.4, 0.5) is 4.79 Å². The molecule has 0 fully saturated rings. The first-order chi connectivity index (χ1) is 11.2. The molecule has 1 aliphatic heterocycles. The number of hydrogen-bond acceptors (Lipinski definition) is 5. The van der Waals surface area contributed by atoms with E-state index in [9.17, 15) is 9.59 Å². The second-order valence-corrected chi connectivity index (χ2v) is 6.78. The Hall–Kier alpha value is -2.57. The molecule has 1 aliphatic rings. The first-order valence-electron chi connectivity index (χ1n) is 7.80. The SMILES string of the molecule is CN(C(=O)OC(C)(C)C)C1CN(Cc2ccccc2)C(N)=NC1=O. The largest absolute Gasteiger partial charge is 0.444 e. The number of likely N-dealkylation sites (N-methyl/N-ethyl adjacent to an activating group) is 1. The molecule has 1 aromatic rings. The average molecular weight is 332 g/mol. The van der Waals surface area contributed by atoms with E-state index in [2.05, 4.69) is 4.99 Å². The van der Waals surface area contributed by atoms with Gasteiger partial charge < -0.3 is 15.4 Å². The Morgan fingerprint density at radius 1 is 1.38 bits per heavy atom. The smallest absolute Gasteiger partial charge is 0.410 e. The summed E-state index contributed by atoms with van der Waals surface area (Å²) in [5.74, 6) is -0.275. The lowest BCUT2D eigenvalue weighted by molar-refractivity contribution is -0.123. The van der Waals surface area contributed by atoms with Gasteiger partial charge in [-0.2, -0.15) is 4.99 Å². The summed E-state index contributed by atoms with van der Waals surface area (Å²) in [7, 11) is 1.54. The molecule has 0 radical (unpaired) electrons. The van der Waals surface area contributed by atoms with Crippen LogP contribution in [-0.4, -0.2) is 53.0 Å². The quantitative estimate of drug-likeness (QED) is 0.908. The van der Waals surface area contributed by atoms with Crippen LogP contribution in [0.15, 0.2) is 35.3 Å². The van der Waals surface area contributed by atoms with Gasteiger partial charge in [-0.15, -0.1) is 0 Å². The second kappa shape index (κ2) is 6.90. The molecule has 2 rings (SSSR count). The molecule has 0 saturated carbocycles. The number of carbonyl (C=O) groups is 2. The summed E-state index contributed by atoms with van der Waals surface area (Å²) in [6.07, 6.45) is -0.559. The molecule has 24 heavy (non-hydrogen) atoms. The molecule has 0 bridgehead atoms. The predicted molar refractivity (Wildman–Crippen MR) is 91.3 cm³/mol. The predicted octanol–water partition coefficient (Wildman–Crippen LogP) is 1.58. The van der Waals surface area contributed by atoms with Crippen molar-refractivity contribution < 1.29 is 14.3 Å². The topological polar surface area (TPSA) is 88.2 Å². The van der Waals surface area contributed by atoms with Crippen molar-refractivity contribution in [3.8, 4) is 0 Å². The van der Waals surface area contributed by atoms with E-state index >= 15 is 0 Å². The Morgan fingerprint density at radius 3 is 2.58 bits per heavy atom. The van der Waals surface area contributed by atoms with Crippen LogP contribution in [0, 0.1) is 0 Å². The molecule has 1 heterocycles. The molecule has 2 amide bonds. The zero-order chi connectivity index (χ0) is 17.9. The lowest BCUT2D eigenvalue weighted by Gasteiger charge is -2.35. The number of nitrogens with two attached hydrogens (primary N) is 1. The highest BCUT2D eigenvalue weighted by Gasteiger charge is 2.35. The molecule has 0 aromatic heterocycles. The lowest BCUT2D eigenvalue weighted by atomic mass is 10.1. The van der Waals surface area contributed by atoms with Crippen molar-refractivity contribution in [2.24, 2.45) is 10.7 Å². The molecule has 2 N–H and O–H groups in total. The van der Waals surface area contributed by atoms with Gasteiger partial charge in [0.25, 0.3) is 5.91 Å². The third-order valence-corrected chi connectivity index (χ3v) is 3.59. The summed E-state index contributed by atoms with van der Waals surface area (Å²) in [5, 5.41) is 0. The highest BCUT2D eigenvalue weighted by atomic mass is 16.6. The van der Waals surface area contributed by atoms with Crippen molar-refractivity contribution in [3.05, 3.63) is 35.9 Å². The van der Waals surface area contributed by atoms with E-state index in [1.807, 2.05) is 30.3 Å². The van der Waals surface area contributed by atoms with Gasteiger partial charge in [-0.1, -0.05) is 30.3 Å². The molecule has 7 nitrogen and oxygen atoms in total. The summed E-state index contributed by atoms with van der Waals surface area (Å²) in [6, 6.07) is 9.01. The van der Waals surface area contributed by atoms with Crippen LogP contribution in [0.2, 0.25) is 0 Å². The number of amides is 2. The summed E-state index contributed by atoms with van der Waals surface area (Å²) in [4.78, 5) is 31.3. The van der Waals surface area contributed by atoms with E-state index in [1.54, 1.807) is 25.7 Å². The Bertz CT molecular complexity index is 637. The van der Waals surface area contributed by atoms with Crippen LogP contribution in [0.3, 0.4) is 0 Å². The van der Waals surface area contributed by atoms with Crippen molar-refractivity contribution in [3.63, 3.8) is 0 Å². The van der Waals surface area contributed by atoms with Gasteiger partial charge >= 0.3 is 6.09 Å². The van der Waals surface area contributed by atoms with Gasteiger partial charge in [-0.25, -0.2) is 4.79 Å². The maximum atomic E-state index is 12.2. The number of guanidine groups is 1. The summed E-state index contributed by atoms with van der Waals surface area (Å²) < 4.78 is 5.32. The van der Waals surface area contributed by atoms with Gasteiger partial charge in [-0.05, 0) is 26.3 Å². The number of ether oxygens (including phenoxy) is 1. The Morgan fingerprint density at radius 2 is 2.00 bits per heavy atom. The first-order valence-corrected chi connectivity index (χ1v) is 7.80. The van der Waals surface area contributed by atoms with E-state index in [0.29, 0.717) is 6.54 Å². The van der Waals surface area contributed by atoms with E-state index in [1.165, 1.54) is 11.9 Å². The van der Waals surface area contributed by atoms with E-state index in [-0.39, 0.29) is 12.5 Å². The summed E-state index contributed by atoms with van der Waals surface area (Å²) >= 11 is 0. The summed E-state index contributed by atoms with van der Waals surface area (Å²) in [5.41, 5.74) is 6.29. The molecular formula is C17H24N4O3. The minimum Gasteiger partial charge on any atom is -0.444 e. The maximum absolute atomic E-state index is 12.2. The minimum atomic E-state index is -0.726. The second-order valence-electron chi connectivity index (χ2n) is 6.78. The lowest BCUT2D eigenvalue weighted by Crippen LogP contribution is -2.56. The number of carbonyl (C=O) groups excluding carboxylic acids is 2. The van der Waals surface area contributed by atoms with E-state index < -0.39 is 23.6 Å². The Balaban J connectivity index is 2.11. The fourth-order valence-corrected chi connectivity index (χ4v) is 2.34. The number of rotatable bonds is 3. The molecule has 1 atom stereocenters. The third kappa shape index (κ3) is 4.47. The molecular weight excluding hydrogens is 308 g/mol. The number of nitrogens with zero attached hydrogens (tertiary/aromatic N) is 3. The highest BCUT2D eigenvalue weighted by molar-refractivity contribution is 5.98. The van der Waals surface area contributed by atoms with Crippen molar-refractivity contribution in [2.75, 3.05) is 13.6 Å². The van der Waals surface area contributed by atoms with Gasteiger partial charge in [0.2, 0.25) is 0 Å². The van der Waals surface area contributed by atoms with Crippen LogP contribution in [0.25, 0.3) is 0 Å². The molecule has 0 aliphatic carbocycles. The minimum absolute atomic E-state index is 0.165. The fraction of sp³-hybridized carbons (Fsp3) is 0.471. The number of aliphatic imine (C=N–C) groups is 1. The van der Waals surface area contributed by atoms with Crippen LogP contribution in [0.1, 0.15) is 26.3 Å². The van der Waals surface area contributed by atoms with Crippen molar-refractivity contribution >= 4 is 18.0 Å². The molecule has 7 heteroatoms. The highest BCUT2D eigenvalue weighted by Crippen LogP contribution is 2.16. The van der Waals surface area contributed by atoms with Gasteiger partial charge in [0.15, 0.2) is 5.96 Å². The normalized spacial score (nSPS) is 18.2. The average Bonchev–Trinajstić information content (AvgIpc) is 2.48. The van der Waals surface area contributed by atoms with Crippen LogP contribution >= 0.6 is 0 Å². The van der Waals surface area contributed by atoms with Crippen LogP contribution in [-0.2, 0) is 16.1 Å². The van der Waals surface area contributed by atoms with Gasteiger partial charge in [0.1, 0.15) is 11.6 Å². The fourth-order valence-electron chi connectivity index (χ4n) is 2.34. The van der Waals surface area contributed by atoms with Crippen LogP contribution in [0.5, 0.6) is 0 Å². The summed E-state index contributed by atoms with van der Waals surface area (Å²) in [6.45, 7) is 6.12. The van der Waals surface area contributed by atoms with Crippen molar-refractivity contribution in [1.82, 2.24) is 9.80 Å². The maximum Gasteiger partial charge on any atom is 0.410 e. The first kappa shape index (κ1) is 17.8. The van der Waals surface area contributed by atoms with E-state index in [4.69, 9.17) is 10.5 Å². The molecule has 1 aromatic carbocycles. The van der Waals surface area contributed by atoms with E-state index in [0.717, 1.165) is 5.56 Å². The zero-order valence-electron chi connectivity index (χ0n) is 14.5. The van der Waals surface area contributed by atoms with Gasteiger partial charge in [0.05, 0.1) is 6.54 Å². The van der Waals surface area contributed by atoms with Gasteiger partial charge in [-0.3, -0.25) is 9.69 Å². The third-order valence-electron chi connectivity index (χ3n) is 3.59. The van der Waals surface area contributed by atoms with Gasteiger partial charge in [0, 0.05) is 13.6 Å². The van der Waals surface area contributed by atoms with Crippen molar-refractivity contribution in [1.29, 1.82) is 0 Å². The Kier molecular flexibility index (Phi) is 5.11. The monoisotopic (exact) mass is 332 g/mol. The standard InChI is InChI=1S/C17H24N4O3/c1-17(2,3)24-16(23)20(4)13-11-21(15(18)19-14(13)22)10-12-8-6-5-7-9-12/h5-9,13H,10-11H2,1-4H3,(H2,18,19,22). The number of benzene rings is 1. The Labute approximate surface area is 142 Å². The van der Waals surface area contributed by atoms with Crippen LogP contribution < -0.4 is 5.73 Å². The van der Waals surface area contributed by atoms with Crippen molar-refractivity contribution in [2.45, 2.75) is 39.0 Å². The molecule has 1 unspecified atom stereocenters. The zero-order valence-corrected chi connectivity index (χ0v) is 14.5. The molecule has 130 valence electrons. The number of hydrogen-bond donors (Lipinski definition) is 1. The molecule has 0 spiro atoms. The molecule has 0 saturated heterocycles.